The third-order valence-electron chi connectivity index (χ3n) is 5.22. The number of benzene rings is 1. The van der Waals surface area contributed by atoms with E-state index in [1.807, 2.05) is 47.1 Å². The van der Waals surface area contributed by atoms with E-state index in [-0.39, 0.29) is 17.7 Å². The molecule has 2 amide bonds. The monoisotopic (exact) mass is 359 g/mol. The van der Waals surface area contributed by atoms with Gasteiger partial charge in [0, 0.05) is 31.9 Å². The summed E-state index contributed by atoms with van der Waals surface area (Å²) >= 11 is 0. The van der Waals surface area contributed by atoms with Crippen LogP contribution in [0.25, 0.3) is 0 Å². The number of piperidine rings is 1. The molecule has 3 rings (SSSR count). The van der Waals surface area contributed by atoms with Crippen LogP contribution in [0, 0.1) is 5.92 Å². The Labute approximate surface area is 155 Å². The van der Waals surface area contributed by atoms with Crippen LogP contribution in [-0.2, 0) is 14.3 Å². The smallest absolute Gasteiger partial charge is 0.241 e. The van der Waals surface area contributed by atoms with E-state index in [1.54, 1.807) is 0 Å². The SMILES string of the molecule is CCN(C(=O)CN1CCCC(C(=O)N2CCOCC2)C1)c1ccccc1. The Hall–Kier alpha value is -1.92. The highest BCUT2D eigenvalue weighted by Crippen LogP contribution is 2.20. The Kier molecular flexibility index (Phi) is 6.63. The summed E-state index contributed by atoms with van der Waals surface area (Å²) in [7, 11) is 0. The zero-order valence-electron chi connectivity index (χ0n) is 15.6. The van der Waals surface area contributed by atoms with Gasteiger partial charge >= 0.3 is 0 Å². The van der Waals surface area contributed by atoms with Crippen molar-refractivity contribution in [2.45, 2.75) is 19.8 Å². The fraction of sp³-hybridized carbons (Fsp3) is 0.600. The first-order valence-corrected chi connectivity index (χ1v) is 9.63. The van der Waals surface area contributed by atoms with Crippen LogP contribution in [0.2, 0.25) is 0 Å². The largest absolute Gasteiger partial charge is 0.378 e. The van der Waals surface area contributed by atoms with Crippen molar-refractivity contribution in [3.8, 4) is 0 Å². The number of morpholine rings is 1. The highest BCUT2D eigenvalue weighted by atomic mass is 16.5. The average Bonchev–Trinajstić information content (AvgIpc) is 2.69. The maximum absolute atomic E-state index is 12.8. The summed E-state index contributed by atoms with van der Waals surface area (Å²) in [4.78, 5) is 31.4. The molecule has 0 aromatic heterocycles. The van der Waals surface area contributed by atoms with Crippen molar-refractivity contribution < 1.29 is 14.3 Å². The van der Waals surface area contributed by atoms with E-state index < -0.39 is 0 Å². The Bertz CT molecular complexity index is 602. The zero-order chi connectivity index (χ0) is 18.4. The summed E-state index contributed by atoms with van der Waals surface area (Å²) in [6.07, 6.45) is 1.88. The molecule has 1 aromatic carbocycles. The number of hydrogen-bond acceptors (Lipinski definition) is 4. The fourth-order valence-corrected chi connectivity index (χ4v) is 3.83. The Morgan fingerprint density at radius 3 is 2.58 bits per heavy atom. The number of ether oxygens (including phenoxy) is 1. The van der Waals surface area contributed by atoms with E-state index in [4.69, 9.17) is 4.74 Å². The molecule has 0 saturated carbocycles. The topological polar surface area (TPSA) is 53.1 Å². The highest BCUT2D eigenvalue weighted by Gasteiger charge is 2.31. The number of carbonyl (C=O) groups is 2. The van der Waals surface area contributed by atoms with E-state index in [2.05, 4.69) is 4.90 Å². The molecule has 2 aliphatic rings. The van der Waals surface area contributed by atoms with Gasteiger partial charge in [0.1, 0.15) is 0 Å². The Morgan fingerprint density at radius 2 is 1.88 bits per heavy atom. The third kappa shape index (κ3) is 4.62. The van der Waals surface area contributed by atoms with E-state index in [9.17, 15) is 9.59 Å². The lowest BCUT2D eigenvalue weighted by Crippen LogP contribution is -2.50. The second-order valence-electron chi connectivity index (χ2n) is 6.99. The minimum Gasteiger partial charge on any atom is -0.378 e. The summed E-state index contributed by atoms with van der Waals surface area (Å²) < 4.78 is 5.34. The maximum Gasteiger partial charge on any atom is 0.241 e. The lowest BCUT2D eigenvalue weighted by atomic mass is 9.96. The highest BCUT2D eigenvalue weighted by molar-refractivity contribution is 5.94. The van der Waals surface area contributed by atoms with Gasteiger partial charge in [0.25, 0.3) is 0 Å². The van der Waals surface area contributed by atoms with Gasteiger partial charge in [-0.2, -0.15) is 0 Å². The van der Waals surface area contributed by atoms with Crippen molar-refractivity contribution in [2.24, 2.45) is 5.92 Å². The van der Waals surface area contributed by atoms with Gasteiger partial charge in [0.15, 0.2) is 0 Å². The molecule has 1 unspecified atom stereocenters. The summed E-state index contributed by atoms with van der Waals surface area (Å²) in [6, 6.07) is 9.77. The van der Waals surface area contributed by atoms with Crippen LogP contribution < -0.4 is 4.90 Å². The molecule has 2 saturated heterocycles. The van der Waals surface area contributed by atoms with Crippen LogP contribution in [-0.4, -0.2) is 74.1 Å². The Balaban J connectivity index is 1.57. The van der Waals surface area contributed by atoms with Crippen LogP contribution in [0.3, 0.4) is 0 Å². The molecule has 1 aromatic rings. The molecule has 142 valence electrons. The molecule has 1 atom stereocenters. The molecular weight excluding hydrogens is 330 g/mol. The van der Waals surface area contributed by atoms with Crippen LogP contribution in [0.5, 0.6) is 0 Å². The Morgan fingerprint density at radius 1 is 1.15 bits per heavy atom. The molecule has 0 spiro atoms. The van der Waals surface area contributed by atoms with Crippen molar-refractivity contribution in [3.63, 3.8) is 0 Å². The standard InChI is InChI=1S/C20H29N3O3/c1-2-23(18-8-4-3-5-9-18)19(24)16-21-10-6-7-17(15-21)20(25)22-11-13-26-14-12-22/h3-5,8-9,17H,2,6-7,10-16H2,1H3. The van der Waals surface area contributed by atoms with Gasteiger partial charge in [-0.05, 0) is 38.4 Å². The van der Waals surface area contributed by atoms with Crippen molar-refractivity contribution >= 4 is 17.5 Å². The predicted molar refractivity (Wildman–Crippen MR) is 101 cm³/mol. The van der Waals surface area contributed by atoms with Gasteiger partial charge in [-0.25, -0.2) is 0 Å². The van der Waals surface area contributed by atoms with E-state index in [0.717, 1.165) is 25.1 Å². The minimum atomic E-state index is 0.00134. The van der Waals surface area contributed by atoms with Gasteiger partial charge in [-0.1, -0.05) is 18.2 Å². The van der Waals surface area contributed by atoms with Gasteiger partial charge in [-0.3, -0.25) is 14.5 Å². The molecule has 26 heavy (non-hydrogen) atoms. The van der Waals surface area contributed by atoms with E-state index in [1.165, 1.54) is 0 Å². The normalized spacial score (nSPS) is 21.4. The molecule has 0 radical (unpaired) electrons. The molecule has 2 fully saturated rings. The number of amides is 2. The number of rotatable bonds is 5. The first-order chi connectivity index (χ1) is 12.7. The van der Waals surface area contributed by atoms with Gasteiger partial charge in [0.2, 0.25) is 11.8 Å². The summed E-state index contributed by atoms with van der Waals surface area (Å²) in [5, 5.41) is 0. The number of likely N-dealkylation sites (N-methyl/N-ethyl adjacent to an activating group) is 1. The minimum absolute atomic E-state index is 0.00134. The van der Waals surface area contributed by atoms with E-state index >= 15 is 0 Å². The molecule has 2 aliphatic heterocycles. The van der Waals surface area contributed by atoms with Gasteiger partial charge in [0.05, 0.1) is 25.7 Å². The lowest BCUT2D eigenvalue weighted by molar-refractivity contribution is -0.142. The maximum atomic E-state index is 12.8. The summed E-state index contributed by atoms with van der Waals surface area (Å²) in [6.45, 7) is 7.19. The van der Waals surface area contributed by atoms with E-state index in [0.29, 0.717) is 45.9 Å². The quantitative estimate of drug-likeness (QED) is 0.802. The molecule has 0 bridgehead atoms. The molecule has 6 heteroatoms. The van der Waals surface area contributed by atoms with Crippen molar-refractivity contribution in [2.75, 3.05) is 57.4 Å². The van der Waals surface area contributed by atoms with Crippen molar-refractivity contribution in [1.29, 1.82) is 0 Å². The zero-order valence-corrected chi connectivity index (χ0v) is 15.6. The van der Waals surface area contributed by atoms with Crippen LogP contribution >= 0.6 is 0 Å². The predicted octanol–water partition coefficient (Wildman–Crippen LogP) is 1.61. The second kappa shape index (κ2) is 9.14. The number of nitrogens with zero attached hydrogens (tertiary/aromatic N) is 3. The molecular formula is C20H29N3O3. The first-order valence-electron chi connectivity index (χ1n) is 9.63. The fourth-order valence-electron chi connectivity index (χ4n) is 3.83. The number of likely N-dealkylation sites (tertiary alicyclic amines) is 1. The number of hydrogen-bond donors (Lipinski definition) is 0. The summed E-state index contributed by atoms with van der Waals surface area (Å²) in [5.41, 5.74) is 0.929. The van der Waals surface area contributed by atoms with Crippen molar-refractivity contribution in [3.05, 3.63) is 30.3 Å². The average molecular weight is 359 g/mol. The molecule has 6 nitrogen and oxygen atoms in total. The third-order valence-corrected chi connectivity index (χ3v) is 5.22. The van der Waals surface area contributed by atoms with Gasteiger partial charge < -0.3 is 14.5 Å². The lowest BCUT2D eigenvalue weighted by Gasteiger charge is -2.36. The molecule has 2 heterocycles. The number of para-hydroxylation sites is 1. The summed E-state index contributed by atoms with van der Waals surface area (Å²) in [5.74, 6) is 0.320. The van der Waals surface area contributed by atoms with Crippen molar-refractivity contribution in [1.82, 2.24) is 9.80 Å². The van der Waals surface area contributed by atoms with Crippen LogP contribution in [0.4, 0.5) is 5.69 Å². The van der Waals surface area contributed by atoms with Gasteiger partial charge in [-0.15, -0.1) is 0 Å². The number of carbonyl (C=O) groups excluding carboxylic acids is 2. The molecule has 0 aliphatic carbocycles. The first kappa shape index (κ1) is 18.9. The molecule has 0 N–H and O–H groups in total. The second-order valence-corrected chi connectivity index (χ2v) is 6.99. The number of anilines is 1. The van der Waals surface area contributed by atoms with Crippen LogP contribution in [0.15, 0.2) is 30.3 Å². The van der Waals surface area contributed by atoms with Crippen LogP contribution in [0.1, 0.15) is 19.8 Å².